The van der Waals surface area contributed by atoms with Crippen LogP contribution >= 0.6 is 12.2 Å². The van der Waals surface area contributed by atoms with Crippen molar-refractivity contribution in [1.82, 2.24) is 16.2 Å². The van der Waals surface area contributed by atoms with E-state index in [1.807, 2.05) is 46.8 Å². The molecule has 0 aliphatic carbocycles. The van der Waals surface area contributed by atoms with Crippen LogP contribution in [0.25, 0.3) is 0 Å². The summed E-state index contributed by atoms with van der Waals surface area (Å²) in [5, 5.41) is 3.35. The largest absolute Gasteiger partial charge is 0.357 e. The fourth-order valence-electron chi connectivity index (χ4n) is 1.85. The maximum absolute atomic E-state index is 12.1. The molecule has 1 amide bonds. The molecule has 1 aromatic carbocycles. The molecular weight excluding hydrogens is 310 g/mol. The van der Waals surface area contributed by atoms with E-state index in [1.165, 1.54) is 0 Å². The molecule has 0 aliphatic heterocycles. The van der Waals surface area contributed by atoms with Gasteiger partial charge in [0.25, 0.3) is 0 Å². The smallest absolute Gasteiger partial charge is 0.238 e. The van der Waals surface area contributed by atoms with E-state index in [0.29, 0.717) is 10.7 Å². The van der Waals surface area contributed by atoms with E-state index < -0.39 is 0 Å². The molecule has 126 valence electrons. The van der Waals surface area contributed by atoms with Crippen LogP contribution in [-0.2, 0) is 4.79 Å². The second kappa shape index (κ2) is 8.06. The van der Waals surface area contributed by atoms with Crippen LogP contribution in [0.2, 0.25) is 0 Å². The van der Waals surface area contributed by atoms with Gasteiger partial charge in [0, 0.05) is 23.9 Å². The average molecular weight is 335 g/mol. The monoisotopic (exact) mass is 335 g/mol. The Morgan fingerprint density at radius 3 is 2.26 bits per heavy atom. The van der Waals surface area contributed by atoms with Crippen molar-refractivity contribution in [3.8, 4) is 0 Å². The van der Waals surface area contributed by atoms with Gasteiger partial charge in [-0.15, -0.1) is 0 Å². The van der Waals surface area contributed by atoms with Gasteiger partial charge in [-0.2, -0.15) is 0 Å². The summed E-state index contributed by atoms with van der Waals surface area (Å²) in [6, 6.07) is 5.57. The second-order valence-corrected chi connectivity index (χ2v) is 7.01. The number of ketones is 1. The number of hydrazine groups is 1. The zero-order valence-electron chi connectivity index (χ0n) is 14.4. The van der Waals surface area contributed by atoms with Crippen molar-refractivity contribution in [1.29, 1.82) is 0 Å². The third-order valence-corrected chi connectivity index (χ3v) is 3.42. The highest BCUT2D eigenvalue weighted by atomic mass is 32.1. The molecule has 23 heavy (non-hydrogen) atoms. The topological polar surface area (TPSA) is 70.2 Å². The Balaban J connectivity index is 2.39. The predicted octanol–water partition coefficient (Wildman–Crippen LogP) is 2.56. The number of rotatable bonds is 4. The summed E-state index contributed by atoms with van der Waals surface area (Å²) in [7, 11) is 0. The molecule has 0 atom stereocenters. The minimum atomic E-state index is -0.278. The molecule has 0 heterocycles. The Labute approximate surface area is 143 Å². The minimum absolute atomic E-state index is 0.0429. The van der Waals surface area contributed by atoms with Crippen LogP contribution in [0.15, 0.2) is 18.2 Å². The lowest BCUT2D eigenvalue weighted by molar-refractivity contribution is -0.121. The summed E-state index contributed by atoms with van der Waals surface area (Å²) in [6.07, 6.45) is 0.270. The molecule has 0 fully saturated rings. The number of amides is 1. The Kier molecular flexibility index (Phi) is 6.69. The standard InChI is InChI=1S/C17H25N3O2S/c1-11-6-7-13(10-12(11)2)14(21)8-9-15(22)19-20-16(23)18-17(3,4)5/h6-7,10H,8-9H2,1-5H3,(H,19,22)(H2,18,20,23). The van der Waals surface area contributed by atoms with Crippen molar-refractivity contribution >= 4 is 29.0 Å². The molecule has 3 N–H and O–H groups in total. The quantitative estimate of drug-likeness (QED) is 0.448. The first kappa shape index (κ1) is 19.1. The van der Waals surface area contributed by atoms with E-state index in [9.17, 15) is 9.59 Å². The van der Waals surface area contributed by atoms with Gasteiger partial charge in [0.1, 0.15) is 0 Å². The maximum Gasteiger partial charge on any atom is 0.238 e. The van der Waals surface area contributed by atoms with Crippen molar-refractivity contribution in [3.63, 3.8) is 0 Å². The molecular formula is C17H25N3O2S. The van der Waals surface area contributed by atoms with Gasteiger partial charge in [-0.25, -0.2) is 0 Å². The molecule has 1 rings (SSSR count). The zero-order valence-corrected chi connectivity index (χ0v) is 15.2. The van der Waals surface area contributed by atoms with E-state index in [0.717, 1.165) is 11.1 Å². The predicted molar refractivity (Wildman–Crippen MR) is 96.2 cm³/mol. The number of thiocarbonyl (C=S) groups is 1. The van der Waals surface area contributed by atoms with Gasteiger partial charge in [-0.3, -0.25) is 20.4 Å². The first-order valence-corrected chi connectivity index (χ1v) is 7.97. The fraction of sp³-hybridized carbons (Fsp3) is 0.471. The van der Waals surface area contributed by atoms with Crippen LogP contribution in [0.5, 0.6) is 0 Å². The average Bonchev–Trinajstić information content (AvgIpc) is 2.43. The van der Waals surface area contributed by atoms with Crippen LogP contribution in [-0.4, -0.2) is 22.3 Å². The Hall–Kier alpha value is -1.95. The SMILES string of the molecule is Cc1ccc(C(=O)CCC(=O)NNC(=S)NC(C)(C)C)cc1C. The van der Waals surface area contributed by atoms with Gasteiger partial charge in [-0.05, 0) is 64.0 Å². The van der Waals surface area contributed by atoms with Crippen molar-refractivity contribution in [2.45, 2.75) is 53.0 Å². The molecule has 0 saturated heterocycles. The zero-order chi connectivity index (χ0) is 17.6. The first-order valence-electron chi connectivity index (χ1n) is 7.56. The molecule has 0 radical (unpaired) electrons. The summed E-state index contributed by atoms with van der Waals surface area (Å²) in [5.74, 6) is -0.320. The Morgan fingerprint density at radius 1 is 1.04 bits per heavy atom. The number of Topliss-reactive ketones (excluding diaryl/α,β-unsaturated/α-hetero) is 1. The highest BCUT2D eigenvalue weighted by Gasteiger charge is 2.13. The fourth-order valence-corrected chi connectivity index (χ4v) is 2.20. The number of aryl methyl sites for hydroxylation is 2. The summed E-state index contributed by atoms with van der Waals surface area (Å²) in [4.78, 5) is 23.9. The lowest BCUT2D eigenvalue weighted by Crippen LogP contribution is -2.52. The highest BCUT2D eigenvalue weighted by Crippen LogP contribution is 2.12. The van der Waals surface area contributed by atoms with E-state index in [1.54, 1.807) is 6.07 Å². The van der Waals surface area contributed by atoms with Crippen molar-refractivity contribution in [2.75, 3.05) is 0 Å². The maximum atomic E-state index is 12.1. The van der Waals surface area contributed by atoms with Crippen LogP contribution in [0, 0.1) is 13.8 Å². The highest BCUT2D eigenvalue weighted by molar-refractivity contribution is 7.80. The van der Waals surface area contributed by atoms with Crippen molar-refractivity contribution in [3.05, 3.63) is 34.9 Å². The summed E-state index contributed by atoms with van der Waals surface area (Å²) < 4.78 is 0. The number of benzene rings is 1. The molecule has 5 nitrogen and oxygen atoms in total. The van der Waals surface area contributed by atoms with Gasteiger partial charge in [0.05, 0.1) is 0 Å². The third kappa shape index (κ3) is 7.23. The van der Waals surface area contributed by atoms with Crippen LogP contribution in [0.1, 0.15) is 55.1 Å². The molecule has 0 bridgehead atoms. The molecule has 0 aromatic heterocycles. The van der Waals surface area contributed by atoms with Crippen LogP contribution in [0.4, 0.5) is 0 Å². The van der Waals surface area contributed by atoms with Gasteiger partial charge in [-0.1, -0.05) is 12.1 Å². The summed E-state index contributed by atoms with van der Waals surface area (Å²) in [5.41, 5.74) is 7.78. The van der Waals surface area contributed by atoms with Crippen molar-refractivity contribution < 1.29 is 9.59 Å². The van der Waals surface area contributed by atoms with E-state index in [-0.39, 0.29) is 30.1 Å². The van der Waals surface area contributed by atoms with Crippen LogP contribution in [0.3, 0.4) is 0 Å². The van der Waals surface area contributed by atoms with E-state index >= 15 is 0 Å². The van der Waals surface area contributed by atoms with E-state index in [2.05, 4.69) is 16.2 Å². The molecule has 0 saturated carbocycles. The lowest BCUT2D eigenvalue weighted by atomic mass is 10.0. The summed E-state index contributed by atoms with van der Waals surface area (Å²) in [6.45, 7) is 9.85. The van der Waals surface area contributed by atoms with E-state index in [4.69, 9.17) is 12.2 Å². The molecule has 0 aliphatic rings. The minimum Gasteiger partial charge on any atom is -0.357 e. The van der Waals surface area contributed by atoms with Gasteiger partial charge >= 0.3 is 0 Å². The van der Waals surface area contributed by atoms with Gasteiger partial charge in [0.2, 0.25) is 5.91 Å². The third-order valence-electron chi connectivity index (χ3n) is 3.21. The number of hydrogen-bond acceptors (Lipinski definition) is 3. The molecule has 0 unspecified atom stereocenters. The number of carbonyl (C=O) groups is 2. The lowest BCUT2D eigenvalue weighted by Gasteiger charge is -2.23. The summed E-state index contributed by atoms with van der Waals surface area (Å²) >= 11 is 5.06. The van der Waals surface area contributed by atoms with Gasteiger partial charge in [0.15, 0.2) is 10.9 Å². The van der Waals surface area contributed by atoms with Crippen molar-refractivity contribution in [2.24, 2.45) is 0 Å². The number of hydrogen-bond donors (Lipinski definition) is 3. The van der Waals surface area contributed by atoms with Gasteiger partial charge < -0.3 is 5.32 Å². The molecule has 6 heteroatoms. The Bertz CT molecular complexity index is 606. The Morgan fingerprint density at radius 2 is 1.70 bits per heavy atom. The normalized spacial score (nSPS) is 10.8. The van der Waals surface area contributed by atoms with Crippen LogP contribution < -0.4 is 16.2 Å². The molecule has 0 spiro atoms. The second-order valence-electron chi connectivity index (χ2n) is 6.60. The first-order chi connectivity index (χ1) is 10.6. The number of nitrogens with one attached hydrogen (secondary N) is 3. The molecule has 1 aromatic rings. The number of carbonyl (C=O) groups excluding carboxylic acids is 2.